The third kappa shape index (κ3) is 5.58. The number of pyridine rings is 1. The van der Waals surface area contributed by atoms with Crippen molar-refractivity contribution in [1.29, 1.82) is 0 Å². The Morgan fingerprint density at radius 3 is 2.69 bits per heavy atom. The lowest BCUT2D eigenvalue weighted by Gasteiger charge is -2.29. The van der Waals surface area contributed by atoms with Gasteiger partial charge in [0.05, 0.1) is 12.0 Å². The van der Waals surface area contributed by atoms with Gasteiger partial charge in [0.1, 0.15) is 5.82 Å². The Hall–Kier alpha value is -1.91. The second-order valence-corrected chi connectivity index (χ2v) is 7.60. The molecule has 0 unspecified atom stereocenters. The molecule has 1 aliphatic rings. The monoisotopic (exact) mass is 513 g/mol. The first-order valence-corrected chi connectivity index (χ1v) is 10.1. The number of hydrogen-bond acceptors (Lipinski definition) is 4. The zero-order valence-corrected chi connectivity index (χ0v) is 19.8. The molecule has 0 spiro atoms. The Kier molecular flexibility index (Phi) is 8.66. The van der Waals surface area contributed by atoms with Crippen molar-refractivity contribution in [2.75, 3.05) is 33.7 Å². The molecule has 0 radical (unpaired) electrons. The summed E-state index contributed by atoms with van der Waals surface area (Å²) in [7, 11) is 3.66. The van der Waals surface area contributed by atoms with Crippen molar-refractivity contribution < 1.29 is 4.79 Å². The van der Waals surface area contributed by atoms with Gasteiger partial charge in [-0.3, -0.25) is 14.2 Å². The van der Waals surface area contributed by atoms with Crippen molar-refractivity contribution in [3.8, 4) is 0 Å². The number of nitrogens with one attached hydrogen (secondary N) is 2. The summed E-state index contributed by atoms with van der Waals surface area (Å²) in [5, 5.41) is 15.1. The van der Waals surface area contributed by atoms with Gasteiger partial charge in [-0.15, -0.1) is 34.2 Å². The zero-order valence-electron chi connectivity index (χ0n) is 17.5. The molecule has 2 aromatic rings. The standard InChI is InChI=1S/C20H31N7O.HI/c1-4-21-19(23-15-20(11-6-7-12-20)18(28)26(2)3)22-13-10-17-25-24-16-9-5-8-14-27(16)17;/h5,8-9,14H,4,6-7,10-13,15H2,1-3H3,(H2,21,22,23);1H. The largest absolute Gasteiger partial charge is 0.357 e. The van der Waals surface area contributed by atoms with E-state index >= 15 is 0 Å². The Labute approximate surface area is 189 Å². The third-order valence-electron chi connectivity index (χ3n) is 5.33. The lowest BCUT2D eigenvalue weighted by atomic mass is 9.85. The molecule has 1 amide bonds. The number of carbonyl (C=O) groups is 1. The maximum atomic E-state index is 12.7. The summed E-state index contributed by atoms with van der Waals surface area (Å²) in [5.74, 6) is 1.85. The molecule has 1 fully saturated rings. The first-order chi connectivity index (χ1) is 13.6. The van der Waals surface area contributed by atoms with Gasteiger partial charge in [0.2, 0.25) is 5.91 Å². The predicted octanol–water partition coefficient (Wildman–Crippen LogP) is 2.09. The number of carbonyl (C=O) groups excluding carboxylic acids is 1. The van der Waals surface area contributed by atoms with E-state index in [1.165, 1.54) is 0 Å². The quantitative estimate of drug-likeness (QED) is 0.337. The number of hydrogen-bond donors (Lipinski definition) is 2. The van der Waals surface area contributed by atoms with Crippen LogP contribution in [-0.4, -0.2) is 65.1 Å². The van der Waals surface area contributed by atoms with Crippen LogP contribution in [-0.2, 0) is 11.2 Å². The molecule has 160 valence electrons. The number of halogens is 1. The number of fused-ring (bicyclic) bond motifs is 1. The van der Waals surface area contributed by atoms with Crippen LogP contribution < -0.4 is 10.6 Å². The average Bonchev–Trinajstić information content (AvgIpc) is 3.33. The van der Waals surface area contributed by atoms with Gasteiger partial charge in [-0.05, 0) is 31.9 Å². The fourth-order valence-corrected chi connectivity index (χ4v) is 3.89. The van der Waals surface area contributed by atoms with Gasteiger partial charge in [-0.25, -0.2) is 0 Å². The van der Waals surface area contributed by atoms with Gasteiger partial charge in [-0.1, -0.05) is 18.9 Å². The highest BCUT2D eigenvalue weighted by Crippen LogP contribution is 2.39. The molecule has 1 aliphatic carbocycles. The maximum Gasteiger partial charge on any atom is 0.230 e. The van der Waals surface area contributed by atoms with Crippen LogP contribution in [0.25, 0.3) is 5.65 Å². The van der Waals surface area contributed by atoms with Crippen molar-refractivity contribution >= 4 is 41.5 Å². The van der Waals surface area contributed by atoms with E-state index in [4.69, 9.17) is 4.99 Å². The third-order valence-corrected chi connectivity index (χ3v) is 5.33. The highest BCUT2D eigenvalue weighted by Gasteiger charge is 2.42. The van der Waals surface area contributed by atoms with Gasteiger partial charge >= 0.3 is 0 Å². The normalized spacial score (nSPS) is 15.8. The molecule has 0 atom stereocenters. The van der Waals surface area contributed by atoms with Crippen LogP contribution in [0.4, 0.5) is 0 Å². The van der Waals surface area contributed by atoms with Crippen molar-refractivity contribution in [1.82, 2.24) is 30.1 Å². The summed E-state index contributed by atoms with van der Waals surface area (Å²) in [6, 6.07) is 5.87. The van der Waals surface area contributed by atoms with Crippen molar-refractivity contribution in [3.05, 3.63) is 30.2 Å². The number of nitrogens with zero attached hydrogens (tertiary/aromatic N) is 5. The van der Waals surface area contributed by atoms with Gasteiger partial charge in [0.15, 0.2) is 11.6 Å². The van der Waals surface area contributed by atoms with Gasteiger partial charge in [0.25, 0.3) is 0 Å². The SMILES string of the molecule is CCNC(=NCC1(C(=O)N(C)C)CCCC1)NCCc1nnc2ccccn12.I. The summed E-state index contributed by atoms with van der Waals surface area (Å²) < 4.78 is 2.00. The molecule has 1 saturated carbocycles. The lowest BCUT2D eigenvalue weighted by Crippen LogP contribution is -2.43. The minimum Gasteiger partial charge on any atom is -0.357 e. The number of amides is 1. The summed E-state index contributed by atoms with van der Waals surface area (Å²) in [6.07, 6.45) is 6.73. The van der Waals surface area contributed by atoms with E-state index in [1.54, 1.807) is 4.90 Å². The average molecular weight is 513 g/mol. The molecule has 2 N–H and O–H groups in total. The van der Waals surface area contributed by atoms with E-state index in [1.807, 2.05) is 49.8 Å². The molecule has 0 aromatic carbocycles. The Morgan fingerprint density at radius 2 is 2.00 bits per heavy atom. The highest BCUT2D eigenvalue weighted by atomic mass is 127. The summed E-state index contributed by atoms with van der Waals surface area (Å²) in [5.41, 5.74) is 0.498. The fourth-order valence-electron chi connectivity index (χ4n) is 3.89. The molecule has 29 heavy (non-hydrogen) atoms. The molecule has 2 aromatic heterocycles. The smallest absolute Gasteiger partial charge is 0.230 e. The van der Waals surface area contributed by atoms with Crippen LogP contribution in [0.1, 0.15) is 38.4 Å². The minimum absolute atomic E-state index is 0. The first kappa shape index (κ1) is 23.4. The van der Waals surface area contributed by atoms with Crippen molar-refractivity contribution in [2.45, 2.75) is 39.0 Å². The van der Waals surface area contributed by atoms with E-state index in [9.17, 15) is 4.79 Å². The van der Waals surface area contributed by atoms with Crippen LogP contribution in [0.2, 0.25) is 0 Å². The fraction of sp³-hybridized carbons (Fsp3) is 0.600. The van der Waals surface area contributed by atoms with E-state index in [2.05, 4.69) is 20.8 Å². The van der Waals surface area contributed by atoms with Crippen LogP contribution >= 0.6 is 24.0 Å². The van der Waals surface area contributed by atoms with E-state index in [-0.39, 0.29) is 35.3 Å². The van der Waals surface area contributed by atoms with Crippen LogP contribution in [0.5, 0.6) is 0 Å². The molecule has 9 heteroatoms. The molecule has 3 rings (SSSR count). The summed E-state index contributed by atoms with van der Waals surface area (Å²) >= 11 is 0. The summed E-state index contributed by atoms with van der Waals surface area (Å²) in [4.78, 5) is 19.2. The van der Waals surface area contributed by atoms with E-state index in [0.717, 1.165) is 56.1 Å². The zero-order chi connectivity index (χ0) is 20.0. The Balaban J connectivity index is 0.00000300. The van der Waals surface area contributed by atoms with Crippen LogP contribution in [0.3, 0.4) is 0 Å². The second kappa shape index (κ2) is 10.7. The van der Waals surface area contributed by atoms with Gasteiger partial charge in [0, 0.05) is 39.8 Å². The predicted molar refractivity (Wildman–Crippen MR) is 126 cm³/mol. The van der Waals surface area contributed by atoms with Gasteiger partial charge < -0.3 is 15.5 Å². The molecule has 0 bridgehead atoms. The number of aliphatic imine (C=N–C) groups is 1. The van der Waals surface area contributed by atoms with Crippen LogP contribution in [0, 0.1) is 5.41 Å². The minimum atomic E-state index is -0.352. The van der Waals surface area contributed by atoms with Crippen molar-refractivity contribution in [3.63, 3.8) is 0 Å². The van der Waals surface area contributed by atoms with E-state index < -0.39 is 0 Å². The number of rotatable bonds is 7. The number of guanidine groups is 1. The van der Waals surface area contributed by atoms with Crippen molar-refractivity contribution in [2.24, 2.45) is 10.4 Å². The van der Waals surface area contributed by atoms with E-state index in [0.29, 0.717) is 13.1 Å². The molecule has 8 nitrogen and oxygen atoms in total. The molecular formula is C20H32IN7O. The first-order valence-electron chi connectivity index (χ1n) is 10.1. The lowest BCUT2D eigenvalue weighted by molar-refractivity contribution is -0.138. The molecule has 2 heterocycles. The topological polar surface area (TPSA) is 86.9 Å². The molecule has 0 aliphatic heterocycles. The van der Waals surface area contributed by atoms with Crippen LogP contribution in [0.15, 0.2) is 29.4 Å². The maximum absolute atomic E-state index is 12.7. The summed E-state index contributed by atoms with van der Waals surface area (Å²) in [6.45, 7) is 4.03. The Morgan fingerprint density at radius 1 is 1.24 bits per heavy atom. The Bertz CT molecular complexity index is 827. The molecular weight excluding hydrogens is 481 g/mol. The number of aromatic nitrogens is 3. The second-order valence-electron chi connectivity index (χ2n) is 7.60. The van der Waals surface area contributed by atoms with Gasteiger partial charge in [-0.2, -0.15) is 0 Å². The molecule has 0 saturated heterocycles. The highest BCUT2D eigenvalue weighted by molar-refractivity contribution is 14.0.